The quantitative estimate of drug-likeness (QED) is 0.803. The van der Waals surface area contributed by atoms with Crippen LogP contribution >= 0.6 is 0 Å². The maximum atomic E-state index is 13.0. The molecule has 0 unspecified atom stereocenters. The van der Waals surface area contributed by atoms with Crippen molar-refractivity contribution in [1.82, 2.24) is 9.21 Å². The summed E-state index contributed by atoms with van der Waals surface area (Å²) in [5.41, 5.74) is 1.59. The number of urea groups is 1. The molecule has 2 atom stereocenters. The molecule has 1 N–H and O–H groups in total. The van der Waals surface area contributed by atoms with Gasteiger partial charge in [0.25, 0.3) is 0 Å². The maximum absolute atomic E-state index is 13.0. The van der Waals surface area contributed by atoms with E-state index in [9.17, 15) is 13.2 Å². The number of carbonyl (C=O) groups is 1. The van der Waals surface area contributed by atoms with Gasteiger partial charge in [-0.2, -0.15) is 4.31 Å². The molecule has 2 bridgehead atoms. The third-order valence-corrected chi connectivity index (χ3v) is 7.19. The molecule has 160 valence electrons. The van der Waals surface area contributed by atoms with Crippen LogP contribution in [0, 0.1) is 6.92 Å². The Labute approximate surface area is 176 Å². The molecule has 0 aliphatic carbocycles. The molecule has 0 spiro atoms. The molecule has 2 saturated heterocycles. The zero-order valence-electron chi connectivity index (χ0n) is 16.9. The number of hydrogen-bond acceptors (Lipinski definition) is 5. The topological polar surface area (TPSA) is 88.2 Å². The monoisotopic (exact) mass is 431 g/mol. The molecule has 8 nitrogen and oxygen atoms in total. The van der Waals surface area contributed by atoms with Crippen LogP contribution in [-0.2, 0) is 14.8 Å². The fourth-order valence-electron chi connectivity index (χ4n) is 3.82. The minimum Gasteiger partial charge on any atom is -0.495 e. The zero-order valence-corrected chi connectivity index (χ0v) is 17.8. The Morgan fingerprint density at radius 3 is 2.30 bits per heavy atom. The molecule has 0 aromatic heterocycles. The van der Waals surface area contributed by atoms with Crippen LogP contribution in [0.25, 0.3) is 0 Å². The number of benzene rings is 2. The van der Waals surface area contributed by atoms with Gasteiger partial charge in [-0.15, -0.1) is 0 Å². The molecule has 0 radical (unpaired) electrons. The second-order valence-electron chi connectivity index (χ2n) is 7.55. The average Bonchev–Trinajstić information content (AvgIpc) is 2.73. The summed E-state index contributed by atoms with van der Waals surface area (Å²) in [7, 11) is -2.05. The minimum absolute atomic E-state index is 0.213. The van der Waals surface area contributed by atoms with Crippen LogP contribution in [0.5, 0.6) is 5.75 Å². The Morgan fingerprint density at radius 1 is 1.03 bits per heavy atom. The lowest BCUT2D eigenvalue weighted by molar-refractivity contribution is -0.110. The molecule has 30 heavy (non-hydrogen) atoms. The number of morpholine rings is 2. The van der Waals surface area contributed by atoms with E-state index >= 15 is 0 Å². The van der Waals surface area contributed by atoms with Crippen molar-refractivity contribution in [2.45, 2.75) is 24.0 Å². The maximum Gasteiger partial charge on any atom is 0.322 e. The van der Waals surface area contributed by atoms with Crippen LogP contribution in [0.1, 0.15) is 5.56 Å². The van der Waals surface area contributed by atoms with Crippen molar-refractivity contribution >= 4 is 21.7 Å². The Balaban J connectivity index is 1.44. The number of nitrogens with zero attached hydrogens (tertiary/aromatic N) is 2. The standard InChI is InChI=1S/C21H25N3O5S/c1-15-7-9-18(10-8-15)30(26,27)24-13-16-11-23(12-17(14-24)29-16)21(25)22-19-5-3-4-6-20(19)28-2/h3-10,16-17H,11-14H2,1-2H3,(H,22,25)/t16-,17+. The number of ether oxygens (including phenoxy) is 2. The lowest BCUT2D eigenvalue weighted by Crippen LogP contribution is -2.61. The fraction of sp³-hybridized carbons (Fsp3) is 0.381. The lowest BCUT2D eigenvalue weighted by atomic mass is 10.1. The van der Waals surface area contributed by atoms with Crippen molar-refractivity contribution in [2.24, 2.45) is 0 Å². The predicted molar refractivity (Wildman–Crippen MR) is 112 cm³/mol. The van der Waals surface area contributed by atoms with Gasteiger partial charge >= 0.3 is 6.03 Å². The largest absolute Gasteiger partial charge is 0.495 e. The first-order valence-corrected chi connectivity index (χ1v) is 11.2. The summed E-state index contributed by atoms with van der Waals surface area (Å²) in [4.78, 5) is 14.7. The molecular weight excluding hydrogens is 406 g/mol. The van der Waals surface area contributed by atoms with Gasteiger partial charge in [-0.1, -0.05) is 29.8 Å². The molecule has 2 aromatic rings. The van der Waals surface area contributed by atoms with Gasteiger partial charge in [0.15, 0.2) is 0 Å². The number of anilines is 1. The highest BCUT2D eigenvalue weighted by Crippen LogP contribution is 2.27. The summed E-state index contributed by atoms with van der Waals surface area (Å²) < 4.78 is 38.7. The van der Waals surface area contributed by atoms with Crippen molar-refractivity contribution in [1.29, 1.82) is 0 Å². The van der Waals surface area contributed by atoms with E-state index in [0.29, 0.717) is 24.5 Å². The van der Waals surface area contributed by atoms with Gasteiger partial charge in [-0.05, 0) is 31.2 Å². The van der Waals surface area contributed by atoms with Gasteiger partial charge < -0.3 is 19.7 Å². The highest BCUT2D eigenvalue weighted by atomic mass is 32.2. The Morgan fingerprint density at radius 2 is 1.67 bits per heavy atom. The fourth-order valence-corrected chi connectivity index (χ4v) is 5.32. The van der Waals surface area contributed by atoms with Crippen LogP contribution in [0.3, 0.4) is 0 Å². The Bertz CT molecular complexity index is 1010. The highest BCUT2D eigenvalue weighted by Gasteiger charge is 2.41. The molecule has 2 aliphatic heterocycles. The SMILES string of the molecule is COc1ccccc1NC(=O)N1C[C@@H]2CN(S(=O)(=O)c3ccc(C)cc3)C[C@H](C1)O2. The van der Waals surface area contributed by atoms with Crippen LogP contribution in [0.2, 0.25) is 0 Å². The van der Waals surface area contributed by atoms with Crippen LogP contribution in [0.15, 0.2) is 53.4 Å². The van der Waals surface area contributed by atoms with Crippen molar-refractivity contribution < 1.29 is 22.7 Å². The van der Waals surface area contributed by atoms with Gasteiger partial charge in [0.1, 0.15) is 5.75 Å². The lowest BCUT2D eigenvalue weighted by Gasteiger charge is -2.45. The number of aryl methyl sites for hydroxylation is 1. The number of amides is 2. The van der Waals surface area contributed by atoms with Crippen molar-refractivity contribution in [3.63, 3.8) is 0 Å². The number of para-hydroxylation sites is 2. The number of fused-ring (bicyclic) bond motifs is 2. The average molecular weight is 432 g/mol. The number of rotatable bonds is 4. The van der Waals surface area contributed by atoms with Gasteiger partial charge in [-0.3, -0.25) is 0 Å². The molecule has 2 aliphatic rings. The van der Waals surface area contributed by atoms with Gasteiger partial charge in [0.2, 0.25) is 10.0 Å². The summed E-state index contributed by atoms with van der Waals surface area (Å²) in [5.74, 6) is 0.578. The second kappa shape index (κ2) is 8.25. The third-order valence-electron chi connectivity index (χ3n) is 5.34. The van der Waals surface area contributed by atoms with E-state index in [4.69, 9.17) is 9.47 Å². The summed E-state index contributed by atoms with van der Waals surface area (Å²) in [6.07, 6.45) is -0.748. The van der Waals surface area contributed by atoms with Gasteiger partial charge in [-0.25, -0.2) is 13.2 Å². The predicted octanol–water partition coefficient (Wildman–Crippen LogP) is 2.31. The third kappa shape index (κ3) is 4.14. The van der Waals surface area contributed by atoms with Crippen LogP contribution in [-0.4, -0.2) is 69.2 Å². The molecule has 4 rings (SSSR count). The summed E-state index contributed by atoms with van der Waals surface area (Å²) in [6.45, 7) is 2.98. The molecule has 2 amide bonds. The van der Waals surface area contributed by atoms with E-state index in [-0.39, 0.29) is 36.2 Å². The minimum atomic E-state index is -3.60. The first-order valence-electron chi connectivity index (χ1n) is 9.78. The highest BCUT2D eigenvalue weighted by molar-refractivity contribution is 7.89. The Hall–Kier alpha value is -2.62. The van der Waals surface area contributed by atoms with E-state index in [1.165, 1.54) is 4.31 Å². The van der Waals surface area contributed by atoms with E-state index in [0.717, 1.165) is 5.56 Å². The van der Waals surface area contributed by atoms with Crippen molar-refractivity contribution in [2.75, 3.05) is 38.6 Å². The van der Waals surface area contributed by atoms with Gasteiger partial charge in [0, 0.05) is 13.1 Å². The van der Waals surface area contributed by atoms with E-state index in [1.54, 1.807) is 48.4 Å². The number of carbonyl (C=O) groups excluding carboxylic acids is 1. The van der Waals surface area contributed by atoms with E-state index < -0.39 is 10.0 Å². The number of nitrogens with one attached hydrogen (secondary N) is 1. The first-order chi connectivity index (χ1) is 14.4. The normalized spacial score (nSPS) is 21.9. The van der Waals surface area contributed by atoms with Crippen molar-refractivity contribution in [3.05, 3.63) is 54.1 Å². The number of sulfonamides is 1. The smallest absolute Gasteiger partial charge is 0.322 e. The first kappa shape index (κ1) is 20.6. The number of hydrogen-bond donors (Lipinski definition) is 1. The van der Waals surface area contributed by atoms with Crippen LogP contribution < -0.4 is 10.1 Å². The Kier molecular flexibility index (Phi) is 5.68. The molecule has 9 heteroatoms. The summed E-state index contributed by atoms with van der Waals surface area (Å²) in [5, 5.41) is 2.87. The second-order valence-corrected chi connectivity index (χ2v) is 9.49. The van der Waals surface area contributed by atoms with E-state index in [1.807, 2.05) is 19.1 Å². The zero-order chi connectivity index (χ0) is 21.3. The van der Waals surface area contributed by atoms with Crippen molar-refractivity contribution in [3.8, 4) is 5.75 Å². The summed E-state index contributed by atoms with van der Waals surface area (Å²) >= 11 is 0. The molecular formula is C21H25N3O5S. The molecule has 2 heterocycles. The number of methoxy groups -OCH3 is 1. The molecule has 2 fully saturated rings. The summed E-state index contributed by atoms with van der Waals surface area (Å²) in [6, 6.07) is 13.8. The van der Waals surface area contributed by atoms with Gasteiger partial charge in [0.05, 0.1) is 43.0 Å². The molecule has 0 saturated carbocycles. The van der Waals surface area contributed by atoms with Crippen LogP contribution in [0.4, 0.5) is 10.5 Å². The molecule has 2 aromatic carbocycles. The van der Waals surface area contributed by atoms with E-state index in [2.05, 4.69) is 5.32 Å².